The molecule has 0 saturated heterocycles. The second-order valence-corrected chi connectivity index (χ2v) is 5.76. The Kier molecular flexibility index (Phi) is 7.41. The summed E-state index contributed by atoms with van der Waals surface area (Å²) >= 11 is 6.00. The van der Waals surface area contributed by atoms with Crippen molar-refractivity contribution in [3.05, 3.63) is 58.6 Å². The molecule has 0 aliphatic heterocycles. The first-order valence-electron chi connectivity index (χ1n) is 8.15. The Labute approximate surface area is 154 Å². The molecular formula is C19H24ClN3O2. The van der Waals surface area contributed by atoms with Crippen molar-refractivity contribution >= 4 is 17.6 Å². The van der Waals surface area contributed by atoms with Gasteiger partial charge in [-0.05, 0) is 42.3 Å². The highest BCUT2D eigenvalue weighted by Gasteiger charge is 2.06. The van der Waals surface area contributed by atoms with Crippen LogP contribution < -0.4 is 20.1 Å². The van der Waals surface area contributed by atoms with Gasteiger partial charge >= 0.3 is 0 Å². The lowest BCUT2D eigenvalue weighted by Crippen LogP contribution is -2.36. The summed E-state index contributed by atoms with van der Waals surface area (Å²) in [4.78, 5) is 4.24. The molecule has 2 aromatic carbocycles. The minimum atomic E-state index is 0.593. The lowest BCUT2D eigenvalue weighted by Gasteiger charge is -2.14. The first kappa shape index (κ1) is 18.9. The Morgan fingerprint density at radius 3 is 2.36 bits per heavy atom. The molecule has 0 aromatic heterocycles. The highest BCUT2D eigenvalue weighted by Crippen LogP contribution is 2.27. The lowest BCUT2D eigenvalue weighted by atomic mass is 10.2. The van der Waals surface area contributed by atoms with Crippen LogP contribution in [-0.4, -0.2) is 26.7 Å². The first-order chi connectivity index (χ1) is 12.2. The van der Waals surface area contributed by atoms with Crippen molar-refractivity contribution in [2.24, 2.45) is 4.99 Å². The number of nitrogens with zero attached hydrogens (tertiary/aromatic N) is 1. The molecule has 0 aliphatic carbocycles. The molecule has 0 radical (unpaired) electrons. The molecule has 0 atom stereocenters. The molecule has 0 fully saturated rings. The third-order valence-electron chi connectivity index (χ3n) is 3.56. The zero-order valence-electron chi connectivity index (χ0n) is 14.8. The first-order valence-corrected chi connectivity index (χ1v) is 8.52. The maximum Gasteiger partial charge on any atom is 0.191 e. The summed E-state index contributed by atoms with van der Waals surface area (Å²) in [6.45, 7) is 3.81. The van der Waals surface area contributed by atoms with E-state index in [1.165, 1.54) is 0 Å². The number of guanidine groups is 1. The number of methoxy groups -OCH3 is 1. The van der Waals surface area contributed by atoms with Crippen LogP contribution in [0.3, 0.4) is 0 Å². The van der Waals surface area contributed by atoms with Gasteiger partial charge in [-0.3, -0.25) is 4.99 Å². The summed E-state index contributed by atoms with van der Waals surface area (Å²) in [5.74, 6) is 2.19. The number of hydrogen-bond acceptors (Lipinski definition) is 3. The van der Waals surface area contributed by atoms with Crippen LogP contribution in [-0.2, 0) is 13.1 Å². The predicted octanol–water partition coefficient (Wildman–Crippen LogP) is 3.61. The molecule has 6 heteroatoms. The van der Waals surface area contributed by atoms with Crippen LogP contribution in [0.5, 0.6) is 11.5 Å². The molecule has 0 saturated carbocycles. The van der Waals surface area contributed by atoms with Gasteiger partial charge in [0.2, 0.25) is 0 Å². The third-order valence-corrected chi connectivity index (χ3v) is 3.80. The molecule has 0 unspecified atom stereocenters. The second kappa shape index (κ2) is 9.79. The molecule has 25 heavy (non-hydrogen) atoms. The number of halogens is 1. The Morgan fingerprint density at radius 2 is 1.76 bits per heavy atom. The molecule has 2 N–H and O–H groups in total. The van der Waals surface area contributed by atoms with E-state index in [2.05, 4.69) is 15.6 Å². The summed E-state index contributed by atoms with van der Waals surface area (Å²) in [5, 5.41) is 7.28. The molecule has 2 aromatic rings. The Morgan fingerprint density at radius 1 is 1.04 bits per heavy atom. The van der Waals surface area contributed by atoms with E-state index in [1.807, 2.05) is 49.4 Å². The molecule has 0 aliphatic rings. The maximum atomic E-state index is 6.00. The quantitative estimate of drug-likeness (QED) is 0.584. The van der Waals surface area contributed by atoms with Crippen molar-refractivity contribution in [2.45, 2.75) is 20.0 Å². The van der Waals surface area contributed by atoms with Crippen molar-refractivity contribution in [1.82, 2.24) is 10.6 Å². The van der Waals surface area contributed by atoms with Crippen LogP contribution in [0, 0.1) is 0 Å². The SMILES string of the molecule is CCOc1cc(CNC(=NC)NCc2cccc(Cl)c2)ccc1OC. The molecule has 0 heterocycles. The summed E-state index contributed by atoms with van der Waals surface area (Å²) in [7, 11) is 3.38. The standard InChI is InChI=1S/C19H24ClN3O2/c1-4-25-18-11-15(8-9-17(18)24-3)13-23-19(21-2)22-12-14-6-5-7-16(20)10-14/h5-11H,4,12-13H2,1-3H3,(H2,21,22,23). The van der Waals surface area contributed by atoms with Crippen LogP contribution in [0.4, 0.5) is 0 Å². The van der Waals surface area contributed by atoms with Crippen LogP contribution in [0.25, 0.3) is 0 Å². The number of ether oxygens (including phenoxy) is 2. The van der Waals surface area contributed by atoms with Crippen molar-refractivity contribution in [3.63, 3.8) is 0 Å². The van der Waals surface area contributed by atoms with E-state index < -0.39 is 0 Å². The largest absolute Gasteiger partial charge is 0.493 e. The van der Waals surface area contributed by atoms with Crippen molar-refractivity contribution < 1.29 is 9.47 Å². The van der Waals surface area contributed by atoms with Crippen molar-refractivity contribution in [2.75, 3.05) is 20.8 Å². The minimum Gasteiger partial charge on any atom is -0.493 e. The zero-order valence-corrected chi connectivity index (χ0v) is 15.6. The molecule has 0 spiro atoms. The highest BCUT2D eigenvalue weighted by atomic mass is 35.5. The van der Waals surface area contributed by atoms with Crippen LogP contribution in [0.15, 0.2) is 47.5 Å². The molecule has 2 rings (SSSR count). The highest BCUT2D eigenvalue weighted by molar-refractivity contribution is 6.30. The van der Waals surface area contributed by atoms with Gasteiger partial charge in [-0.1, -0.05) is 29.8 Å². The average molecular weight is 362 g/mol. The Bertz CT molecular complexity index is 720. The van der Waals surface area contributed by atoms with Gasteiger partial charge in [-0.25, -0.2) is 0 Å². The molecule has 134 valence electrons. The smallest absolute Gasteiger partial charge is 0.191 e. The maximum absolute atomic E-state index is 6.00. The number of nitrogens with one attached hydrogen (secondary N) is 2. The predicted molar refractivity (Wildman–Crippen MR) is 103 cm³/mol. The van der Waals surface area contributed by atoms with E-state index in [4.69, 9.17) is 21.1 Å². The number of aliphatic imine (C=N–C) groups is 1. The third kappa shape index (κ3) is 5.87. The summed E-state index contributed by atoms with van der Waals surface area (Å²) in [5.41, 5.74) is 2.17. The van der Waals surface area contributed by atoms with Crippen LogP contribution >= 0.6 is 11.6 Å². The van der Waals surface area contributed by atoms with Gasteiger partial charge in [0.1, 0.15) is 0 Å². The number of hydrogen-bond donors (Lipinski definition) is 2. The zero-order chi connectivity index (χ0) is 18.1. The second-order valence-electron chi connectivity index (χ2n) is 5.33. The Balaban J connectivity index is 1.93. The number of benzene rings is 2. The Hall–Kier alpha value is -2.40. The minimum absolute atomic E-state index is 0.593. The van der Waals surface area contributed by atoms with Crippen molar-refractivity contribution in [1.29, 1.82) is 0 Å². The van der Waals surface area contributed by atoms with Gasteiger partial charge in [0.25, 0.3) is 0 Å². The lowest BCUT2D eigenvalue weighted by molar-refractivity contribution is 0.310. The topological polar surface area (TPSA) is 54.9 Å². The summed E-state index contributed by atoms with van der Waals surface area (Å²) < 4.78 is 10.9. The van der Waals surface area contributed by atoms with E-state index in [0.29, 0.717) is 25.7 Å². The van der Waals surface area contributed by atoms with Gasteiger partial charge in [0.05, 0.1) is 13.7 Å². The van der Waals surface area contributed by atoms with E-state index in [0.717, 1.165) is 27.6 Å². The average Bonchev–Trinajstić information content (AvgIpc) is 2.62. The van der Waals surface area contributed by atoms with E-state index in [1.54, 1.807) is 14.2 Å². The van der Waals surface area contributed by atoms with Gasteiger partial charge < -0.3 is 20.1 Å². The van der Waals surface area contributed by atoms with E-state index in [9.17, 15) is 0 Å². The van der Waals surface area contributed by atoms with Crippen LogP contribution in [0.2, 0.25) is 5.02 Å². The fourth-order valence-electron chi connectivity index (χ4n) is 2.34. The van der Waals surface area contributed by atoms with Crippen molar-refractivity contribution in [3.8, 4) is 11.5 Å². The van der Waals surface area contributed by atoms with Gasteiger partial charge in [0.15, 0.2) is 17.5 Å². The molecular weight excluding hydrogens is 338 g/mol. The van der Waals surface area contributed by atoms with Gasteiger partial charge in [-0.2, -0.15) is 0 Å². The fraction of sp³-hybridized carbons (Fsp3) is 0.316. The monoisotopic (exact) mass is 361 g/mol. The number of rotatable bonds is 7. The summed E-state index contributed by atoms with van der Waals surface area (Å²) in [6.07, 6.45) is 0. The van der Waals surface area contributed by atoms with E-state index >= 15 is 0 Å². The van der Waals surface area contributed by atoms with Crippen LogP contribution in [0.1, 0.15) is 18.1 Å². The molecule has 5 nitrogen and oxygen atoms in total. The molecule has 0 bridgehead atoms. The van der Waals surface area contributed by atoms with E-state index in [-0.39, 0.29) is 0 Å². The normalized spacial score (nSPS) is 11.1. The fourth-order valence-corrected chi connectivity index (χ4v) is 2.55. The molecule has 0 amide bonds. The van der Waals surface area contributed by atoms with Gasteiger partial charge in [-0.15, -0.1) is 0 Å². The summed E-state index contributed by atoms with van der Waals surface area (Å²) in [6, 6.07) is 13.6. The van der Waals surface area contributed by atoms with Gasteiger partial charge in [0, 0.05) is 25.2 Å².